The molecule has 4 nitrogen and oxygen atoms in total. The Kier molecular flexibility index (Phi) is 5.23. The average Bonchev–Trinajstić information content (AvgIpc) is 2.47. The number of hydrogen-bond acceptors (Lipinski definition) is 3. The number of hydrogen-bond donors (Lipinski definition) is 3. The van der Waals surface area contributed by atoms with Gasteiger partial charge in [0.1, 0.15) is 5.75 Å². The minimum atomic E-state index is -0.674. The number of aryl methyl sites for hydroxylation is 1. The monoisotopic (exact) mass is 291 g/mol. The lowest BCUT2D eigenvalue weighted by atomic mass is 9.79. The molecule has 0 spiro atoms. The van der Waals surface area contributed by atoms with Crippen LogP contribution in [0.2, 0.25) is 0 Å². The molecule has 3 N–H and O–H groups in total. The van der Waals surface area contributed by atoms with E-state index in [0.29, 0.717) is 12.3 Å². The van der Waals surface area contributed by atoms with Crippen LogP contribution >= 0.6 is 0 Å². The molecule has 1 aliphatic rings. The minimum Gasteiger partial charge on any atom is -0.508 e. The molecule has 0 aliphatic heterocycles. The van der Waals surface area contributed by atoms with Crippen LogP contribution in [0.15, 0.2) is 18.2 Å². The second-order valence-corrected chi connectivity index (χ2v) is 6.18. The molecule has 1 aromatic rings. The van der Waals surface area contributed by atoms with Gasteiger partial charge in [0.25, 0.3) is 0 Å². The molecular formula is C17H25NO3. The van der Waals surface area contributed by atoms with Crippen molar-refractivity contribution >= 4 is 5.97 Å². The second-order valence-electron chi connectivity index (χ2n) is 6.18. The molecule has 116 valence electrons. The van der Waals surface area contributed by atoms with Crippen LogP contribution in [-0.4, -0.2) is 22.7 Å². The van der Waals surface area contributed by atoms with E-state index in [2.05, 4.69) is 5.32 Å². The van der Waals surface area contributed by atoms with Gasteiger partial charge in [-0.1, -0.05) is 30.5 Å². The molecule has 0 heterocycles. The van der Waals surface area contributed by atoms with Gasteiger partial charge in [-0.25, -0.2) is 0 Å². The van der Waals surface area contributed by atoms with Gasteiger partial charge in [-0.2, -0.15) is 0 Å². The third-order valence-electron chi connectivity index (χ3n) is 4.56. The number of aromatic hydroxyl groups is 1. The molecule has 1 fully saturated rings. The summed E-state index contributed by atoms with van der Waals surface area (Å²) >= 11 is 0. The Morgan fingerprint density at radius 1 is 1.38 bits per heavy atom. The first-order valence-electron chi connectivity index (χ1n) is 7.74. The highest BCUT2D eigenvalue weighted by Crippen LogP contribution is 2.31. The smallest absolute Gasteiger partial charge is 0.306 e. The van der Waals surface area contributed by atoms with E-state index in [4.69, 9.17) is 0 Å². The number of rotatable bonds is 5. The molecule has 4 heteroatoms. The summed E-state index contributed by atoms with van der Waals surface area (Å²) in [4.78, 5) is 11.3. The maximum Gasteiger partial charge on any atom is 0.306 e. The van der Waals surface area contributed by atoms with Gasteiger partial charge in [-0.15, -0.1) is 0 Å². The molecule has 3 atom stereocenters. The zero-order valence-electron chi connectivity index (χ0n) is 12.8. The van der Waals surface area contributed by atoms with E-state index in [1.54, 1.807) is 6.07 Å². The number of benzene rings is 1. The normalized spacial score (nSPS) is 23.7. The Balaban J connectivity index is 1.98. The Bertz CT molecular complexity index is 501. The van der Waals surface area contributed by atoms with Crippen LogP contribution in [0.5, 0.6) is 5.75 Å². The van der Waals surface area contributed by atoms with Gasteiger partial charge in [0.15, 0.2) is 0 Å². The summed E-state index contributed by atoms with van der Waals surface area (Å²) in [6.45, 7) is 4.69. The summed E-state index contributed by atoms with van der Waals surface area (Å²) in [5, 5.41) is 22.7. The first-order chi connectivity index (χ1) is 9.99. The zero-order valence-corrected chi connectivity index (χ0v) is 12.8. The maximum absolute atomic E-state index is 11.3. The van der Waals surface area contributed by atoms with Crippen molar-refractivity contribution in [2.45, 2.75) is 45.6 Å². The van der Waals surface area contributed by atoms with E-state index in [1.165, 1.54) is 0 Å². The van der Waals surface area contributed by atoms with Crippen molar-refractivity contribution in [1.82, 2.24) is 5.32 Å². The van der Waals surface area contributed by atoms with Gasteiger partial charge in [-0.05, 0) is 45.2 Å². The third kappa shape index (κ3) is 3.97. The second kappa shape index (κ2) is 6.94. The number of phenols is 1. The summed E-state index contributed by atoms with van der Waals surface area (Å²) in [6, 6.07) is 5.58. The molecule has 3 unspecified atom stereocenters. The molecule has 2 rings (SSSR count). The van der Waals surface area contributed by atoms with Crippen molar-refractivity contribution in [3.05, 3.63) is 29.3 Å². The quantitative estimate of drug-likeness (QED) is 0.779. The fourth-order valence-electron chi connectivity index (χ4n) is 3.24. The van der Waals surface area contributed by atoms with E-state index in [0.717, 1.165) is 36.8 Å². The summed E-state index contributed by atoms with van der Waals surface area (Å²) in [7, 11) is 0. The fraction of sp³-hybridized carbons (Fsp3) is 0.588. The summed E-state index contributed by atoms with van der Waals surface area (Å²) < 4.78 is 0. The topological polar surface area (TPSA) is 69.6 Å². The van der Waals surface area contributed by atoms with Gasteiger partial charge in [-0.3, -0.25) is 4.79 Å². The van der Waals surface area contributed by atoms with Crippen molar-refractivity contribution in [3.8, 4) is 5.75 Å². The number of carbonyl (C=O) groups is 1. The van der Waals surface area contributed by atoms with Crippen LogP contribution in [-0.2, 0) is 4.79 Å². The van der Waals surface area contributed by atoms with Crippen LogP contribution in [0.1, 0.15) is 49.8 Å². The molecule has 1 aliphatic carbocycles. The van der Waals surface area contributed by atoms with Crippen LogP contribution in [0.3, 0.4) is 0 Å². The fourth-order valence-corrected chi connectivity index (χ4v) is 3.24. The van der Waals surface area contributed by atoms with Gasteiger partial charge in [0, 0.05) is 11.6 Å². The SMILES string of the molecule is Cc1ccc(O)c(C(C)NCC2CCCCC2C(=O)O)c1. The summed E-state index contributed by atoms with van der Waals surface area (Å²) in [6.07, 6.45) is 3.88. The van der Waals surface area contributed by atoms with Gasteiger partial charge < -0.3 is 15.5 Å². The lowest BCUT2D eigenvalue weighted by molar-refractivity contribution is -0.144. The van der Waals surface area contributed by atoms with Gasteiger partial charge >= 0.3 is 5.97 Å². The van der Waals surface area contributed by atoms with E-state index < -0.39 is 5.97 Å². The summed E-state index contributed by atoms with van der Waals surface area (Å²) in [5.74, 6) is -0.429. The van der Waals surface area contributed by atoms with E-state index in [1.807, 2.05) is 26.0 Å². The molecule has 0 bridgehead atoms. The highest BCUT2D eigenvalue weighted by atomic mass is 16.4. The third-order valence-corrected chi connectivity index (χ3v) is 4.56. The van der Waals surface area contributed by atoms with E-state index >= 15 is 0 Å². The standard InChI is InChI=1S/C17H25NO3/c1-11-7-8-16(19)15(9-11)12(2)18-10-13-5-3-4-6-14(13)17(20)21/h7-9,12-14,18-19H,3-6,10H2,1-2H3,(H,20,21). The van der Waals surface area contributed by atoms with Crippen molar-refractivity contribution in [3.63, 3.8) is 0 Å². The molecule has 0 saturated heterocycles. The molecule has 0 radical (unpaired) electrons. The number of nitrogens with one attached hydrogen (secondary N) is 1. The minimum absolute atomic E-state index is 0.0151. The molecule has 0 aromatic heterocycles. The number of phenolic OH excluding ortho intramolecular Hbond substituents is 1. The van der Waals surface area contributed by atoms with Gasteiger partial charge in [0.05, 0.1) is 5.92 Å². The highest BCUT2D eigenvalue weighted by Gasteiger charge is 2.30. The highest BCUT2D eigenvalue weighted by molar-refractivity contribution is 5.70. The van der Waals surface area contributed by atoms with Crippen LogP contribution in [0.4, 0.5) is 0 Å². The molecule has 21 heavy (non-hydrogen) atoms. The Morgan fingerprint density at radius 3 is 2.81 bits per heavy atom. The van der Waals surface area contributed by atoms with E-state index in [9.17, 15) is 15.0 Å². The van der Waals surface area contributed by atoms with Gasteiger partial charge in [0.2, 0.25) is 0 Å². The predicted molar refractivity (Wildman–Crippen MR) is 82.3 cm³/mol. The molecular weight excluding hydrogens is 266 g/mol. The largest absolute Gasteiger partial charge is 0.508 e. The first kappa shape index (κ1) is 15.8. The van der Waals surface area contributed by atoms with Crippen molar-refractivity contribution in [2.24, 2.45) is 11.8 Å². The van der Waals surface area contributed by atoms with Crippen molar-refractivity contribution < 1.29 is 15.0 Å². The zero-order chi connectivity index (χ0) is 15.4. The number of aliphatic carboxylic acids is 1. The molecule has 1 saturated carbocycles. The van der Waals surface area contributed by atoms with Crippen molar-refractivity contribution in [1.29, 1.82) is 0 Å². The summed E-state index contributed by atoms with van der Waals surface area (Å²) in [5.41, 5.74) is 1.98. The number of carboxylic acid groups (broad SMARTS) is 1. The Morgan fingerprint density at radius 2 is 2.10 bits per heavy atom. The Labute approximate surface area is 126 Å². The predicted octanol–water partition coefficient (Wildman–Crippen LogP) is 3.24. The van der Waals surface area contributed by atoms with Crippen LogP contribution in [0, 0.1) is 18.8 Å². The van der Waals surface area contributed by atoms with Crippen LogP contribution in [0.25, 0.3) is 0 Å². The average molecular weight is 291 g/mol. The lowest BCUT2D eigenvalue weighted by Gasteiger charge is -2.30. The lowest BCUT2D eigenvalue weighted by Crippen LogP contribution is -2.35. The molecule has 0 amide bonds. The Hall–Kier alpha value is -1.55. The first-order valence-corrected chi connectivity index (χ1v) is 7.74. The van der Waals surface area contributed by atoms with E-state index in [-0.39, 0.29) is 17.9 Å². The maximum atomic E-state index is 11.3. The molecule has 1 aromatic carbocycles. The van der Waals surface area contributed by atoms with Crippen LogP contribution < -0.4 is 5.32 Å². The number of carboxylic acids is 1. The van der Waals surface area contributed by atoms with Crippen molar-refractivity contribution in [2.75, 3.05) is 6.54 Å².